The van der Waals surface area contributed by atoms with Gasteiger partial charge in [0, 0.05) is 55.2 Å². The van der Waals surface area contributed by atoms with Crippen LogP contribution >= 0.6 is 11.6 Å². The van der Waals surface area contributed by atoms with Crippen LogP contribution in [0.15, 0.2) is 66.7 Å². The Hall–Kier alpha value is -2.69. The molecule has 0 aliphatic carbocycles. The van der Waals surface area contributed by atoms with Crippen LogP contribution in [0.5, 0.6) is 5.75 Å². The lowest BCUT2D eigenvalue weighted by Gasteiger charge is -2.33. The zero-order chi connectivity index (χ0) is 22.8. The zero-order valence-electron chi connectivity index (χ0n) is 19.5. The summed E-state index contributed by atoms with van der Waals surface area (Å²) in [6, 6.07) is 24.0. The molecule has 0 spiro atoms. The number of likely N-dealkylation sites (tertiary alicyclic amines) is 1. The number of ether oxygens (including phenoxy) is 1. The van der Waals surface area contributed by atoms with Crippen LogP contribution in [0.3, 0.4) is 0 Å². The van der Waals surface area contributed by atoms with Crippen molar-refractivity contribution < 1.29 is 4.74 Å². The minimum absolute atomic E-state index is 0.504. The smallest absolute Gasteiger partial charge is 0.143 e. The van der Waals surface area contributed by atoms with Crippen molar-refractivity contribution in [3.05, 3.63) is 82.9 Å². The molecular formula is C28H32ClN3O. The van der Waals surface area contributed by atoms with Gasteiger partial charge < -0.3 is 14.5 Å². The molecule has 5 heteroatoms. The number of hydrogen-bond acceptors (Lipinski definition) is 4. The first kappa shape index (κ1) is 22.1. The summed E-state index contributed by atoms with van der Waals surface area (Å²) in [6.07, 6.45) is 3.54. The summed E-state index contributed by atoms with van der Waals surface area (Å²) in [5, 5.41) is 0.766. The average Bonchev–Trinajstić information content (AvgIpc) is 3.21. The van der Waals surface area contributed by atoms with Gasteiger partial charge in [-0.3, -0.25) is 4.90 Å². The average molecular weight is 462 g/mol. The van der Waals surface area contributed by atoms with E-state index in [1.165, 1.54) is 35.3 Å². The molecule has 0 bridgehead atoms. The molecule has 1 fully saturated rings. The normalized spacial score (nSPS) is 17.8. The van der Waals surface area contributed by atoms with Gasteiger partial charge in [-0.05, 0) is 67.8 Å². The minimum atomic E-state index is 0.504. The van der Waals surface area contributed by atoms with Crippen molar-refractivity contribution in [2.75, 3.05) is 43.5 Å². The van der Waals surface area contributed by atoms with Gasteiger partial charge in [-0.1, -0.05) is 41.9 Å². The third kappa shape index (κ3) is 4.83. The minimum Gasteiger partial charge on any atom is -0.487 e. The summed E-state index contributed by atoms with van der Waals surface area (Å²) in [4.78, 5) is 7.24. The van der Waals surface area contributed by atoms with Crippen LogP contribution in [0, 0.1) is 0 Å². The van der Waals surface area contributed by atoms with Gasteiger partial charge in [0.15, 0.2) is 0 Å². The summed E-state index contributed by atoms with van der Waals surface area (Å²) >= 11 is 6.43. The number of halogens is 1. The van der Waals surface area contributed by atoms with Crippen molar-refractivity contribution in [3.63, 3.8) is 0 Å². The summed E-state index contributed by atoms with van der Waals surface area (Å²) in [7, 11) is 4.17. The van der Waals surface area contributed by atoms with Crippen LogP contribution in [0.1, 0.15) is 24.0 Å². The Morgan fingerprint density at radius 2 is 1.82 bits per heavy atom. The van der Waals surface area contributed by atoms with Crippen molar-refractivity contribution in [3.8, 4) is 5.75 Å². The standard InChI is InChI=1S/C28H32ClN3O/c1-30(2)24-13-9-21(10-14-24)15-17-31-16-5-6-25(31)19-32-26-7-3-4-8-28(26)33-20-22-11-12-23(29)18-27(22)32/h3-4,7-14,18,25H,5-6,15-17,19-20H2,1-2H3/t25-/m1/s1. The Morgan fingerprint density at radius 3 is 2.64 bits per heavy atom. The van der Waals surface area contributed by atoms with E-state index >= 15 is 0 Å². The number of rotatable bonds is 6. The first-order valence-electron chi connectivity index (χ1n) is 11.9. The Morgan fingerprint density at radius 1 is 1.00 bits per heavy atom. The van der Waals surface area contributed by atoms with Gasteiger partial charge in [0.05, 0.1) is 5.69 Å². The lowest BCUT2D eigenvalue weighted by atomic mass is 10.1. The van der Waals surface area contributed by atoms with Crippen LogP contribution < -0.4 is 14.5 Å². The van der Waals surface area contributed by atoms with Gasteiger partial charge in [0.25, 0.3) is 0 Å². The van der Waals surface area contributed by atoms with Crippen LogP contribution in [0.2, 0.25) is 5.02 Å². The highest BCUT2D eigenvalue weighted by Crippen LogP contribution is 2.41. The van der Waals surface area contributed by atoms with Crippen molar-refractivity contribution in [1.29, 1.82) is 0 Å². The molecule has 0 N–H and O–H groups in total. The maximum Gasteiger partial charge on any atom is 0.143 e. The summed E-state index contributed by atoms with van der Waals surface area (Å²) in [5.74, 6) is 0.940. The number of fused-ring (bicyclic) bond motifs is 2. The number of hydrogen-bond donors (Lipinski definition) is 0. The molecule has 3 aromatic carbocycles. The molecule has 2 aliphatic rings. The van der Waals surface area contributed by atoms with E-state index in [1.807, 2.05) is 12.1 Å². The SMILES string of the molecule is CN(C)c1ccc(CCN2CCC[C@@H]2CN2c3cc(Cl)ccc3COc3ccccc32)cc1. The summed E-state index contributed by atoms with van der Waals surface area (Å²) < 4.78 is 6.17. The lowest BCUT2D eigenvalue weighted by molar-refractivity contribution is 0.261. The highest BCUT2D eigenvalue weighted by atomic mass is 35.5. The van der Waals surface area contributed by atoms with E-state index in [0.717, 1.165) is 42.5 Å². The lowest BCUT2D eigenvalue weighted by Crippen LogP contribution is -2.39. The fraction of sp³-hybridized carbons (Fsp3) is 0.357. The van der Waals surface area contributed by atoms with Crippen LogP contribution in [0.4, 0.5) is 17.1 Å². The molecule has 1 saturated heterocycles. The zero-order valence-corrected chi connectivity index (χ0v) is 20.3. The van der Waals surface area contributed by atoms with Crippen LogP contribution in [0.25, 0.3) is 0 Å². The fourth-order valence-corrected chi connectivity index (χ4v) is 5.20. The molecule has 4 nitrogen and oxygen atoms in total. The molecular weight excluding hydrogens is 430 g/mol. The molecule has 0 radical (unpaired) electrons. The maximum absolute atomic E-state index is 6.43. The molecule has 0 aromatic heterocycles. The summed E-state index contributed by atoms with van der Waals surface area (Å²) in [6.45, 7) is 3.75. The van der Waals surface area contributed by atoms with Crippen molar-refractivity contribution in [2.45, 2.75) is 31.9 Å². The molecule has 2 heterocycles. The Bertz CT molecular complexity index is 1100. The van der Waals surface area contributed by atoms with E-state index < -0.39 is 0 Å². The third-order valence-corrected chi connectivity index (χ3v) is 7.15. The topological polar surface area (TPSA) is 19.0 Å². The first-order chi connectivity index (χ1) is 16.1. The second-order valence-electron chi connectivity index (χ2n) is 9.28. The van der Waals surface area contributed by atoms with Gasteiger partial charge in [0.1, 0.15) is 12.4 Å². The Labute approximate surface area is 202 Å². The van der Waals surface area contributed by atoms with Crippen LogP contribution in [-0.4, -0.2) is 44.7 Å². The number of nitrogens with zero attached hydrogens (tertiary/aromatic N) is 3. The highest BCUT2D eigenvalue weighted by Gasteiger charge is 2.30. The second kappa shape index (κ2) is 9.66. The van der Waals surface area contributed by atoms with Gasteiger partial charge in [-0.25, -0.2) is 0 Å². The predicted molar refractivity (Wildman–Crippen MR) is 138 cm³/mol. The van der Waals surface area contributed by atoms with E-state index in [-0.39, 0.29) is 0 Å². The molecule has 0 unspecified atom stereocenters. The monoisotopic (exact) mass is 461 g/mol. The Balaban J connectivity index is 1.35. The highest BCUT2D eigenvalue weighted by molar-refractivity contribution is 6.30. The molecule has 2 aliphatic heterocycles. The molecule has 172 valence electrons. The molecule has 33 heavy (non-hydrogen) atoms. The van der Waals surface area contributed by atoms with E-state index in [4.69, 9.17) is 16.3 Å². The van der Waals surface area contributed by atoms with Crippen molar-refractivity contribution >= 4 is 28.7 Å². The molecule has 5 rings (SSSR count). The van der Waals surface area contributed by atoms with Gasteiger partial charge in [-0.2, -0.15) is 0 Å². The second-order valence-corrected chi connectivity index (χ2v) is 9.72. The largest absolute Gasteiger partial charge is 0.487 e. The van der Waals surface area contributed by atoms with Crippen molar-refractivity contribution in [1.82, 2.24) is 4.90 Å². The number of anilines is 3. The Kier molecular flexibility index (Phi) is 6.48. The fourth-order valence-electron chi connectivity index (χ4n) is 5.03. The molecule has 1 atom stereocenters. The molecule has 0 saturated carbocycles. The van der Waals surface area contributed by atoms with Gasteiger partial charge in [0.2, 0.25) is 0 Å². The molecule has 0 amide bonds. The van der Waals surface area contributed by atoms with E-state index in [0.29, 0.717) is 12.6 Å². The van der Waals surface area contributed by atoms with Crippen LogP contribution in [-0.2, 0) is 13.0 Å². The van der Waals surface area contributed by atoms with E-state index in [1.54, 1.807) is 0 Å². The van der Waals surface area contributed by atoms with Gasteiger partial charge in [-0.15, -0.1) is 0 Å². The quantitative estimate of drug-likeness (QED) is 0.438. The third-order valence-electron chi connectivity index (χ3n) is 6.91. The predicted octanol–water partition coefficient (Wildman–Crippen LogP) is 6.14. The first-order valence-corrected chi connectivity index (χ1v) is 12.2. The molecule has 3 aromatic rings. The number of benzene rings is 3. The van der Waals surface area contributed by atoms with E-state index in [2.05, 4.69) is 83.4 Å². The summed E-state index contributed by atoms with van der Waals surface area (Å²) in [5.41, 5.74) is 6.12. The van der Waals surface area contributed by atoms with Gasteiger partial charge >= 0.3 is 0 Å². The number of para-hydroxylation sites is 2. The van der Waals surface area contributed by atoms with Crippen molar-refractivity contribution in [2.24, 2.45) is 0 Å². The maximum atomic E-state index is 6.43. The van der Waals surface area contributed by atoms with E-state index in [9.17, 15) is 0 Å².